The van der Waals surface area contributed by atoms with Gasteiger partial charge in [0, 0.05) is 5.39 Å². The molecule has 0 aliphatic heterocycles. The molecule has 0 aliphatic carbocycles. The van der Waals surface area contributed by atoms with Crippen molar-refractivity contribution in [3.05, 3.63) is 60.7 Å². The van der Waals surface area contributed by atoms with E-state index in [1.165, 1.54) is 12.2 Å². The maximum atomic E-state index is 10.8. The molecule has 0 radical (unpaired) electrons. The Labute approximate surface area is 136 Å². The van der Waals surface area contributed by atoms with Gasteiger partial charge >= 0.3 is 0 Å². The van der Waals surface area contributed by atoms with E-state index in [0.717, 1.165) is 32.3 Å². The van der Waals surface area contributed by atoms with Crippen LogP contribution in [0.5, 0.6) is 0 Å². The Morgan fingerprint density at radius 2 is 1.21 bits per heavy atom. The molecule has 0 amide bonds. The normalized spacial score (nSPS) is 10.5. The monoisotopic (exact) mass is 310 g/mol. The first-order valence-electron chi connectivity index (χ1n) is 7.36. The summed E-state index contributed by atoms with van der Waals surface area (Å²) in [5, 5.41) is 6.18. The molecule has 0 fully saturated rings. The average molecular weight is 310 g/mol. The van der Waals surface area contributed by atoms with Crippen LogP contribution < -0.4 is 0 Å². The van der Waals surface area contributed by atoms with Crippen molar-refractivity contribution in [2.24, 2.45) is 9.98 Å². The van der Waals surface area contributed by atoms with Gasteiger partial charge in [-0.15, -0.1) is 0 Å². The number of fused-ring (bicyclic) bond motifs is 5. The summed E-state index contributed by atoms with van der Waals surface area (Å²) in [7, 11) is 0. The molecule has 4 nitrogen and oxygen atoms in total. The lowest BCUT2D eigenvalue weighted by Crippen LogP contribution is -1.82. The van der Waals surface area contributed by atoms with E-state index < -0.39 is 0 Å². The van der Waals surface area contributed by atoms with Crippen LogP contribution in [-0.2, 0) is 9.59 Å². The zero-order valence-corrected chi connectivity index (χ0v) is 12.5. The molecule has 0 atom stereocenters. The van der Waals surface area contributed by atoms with Crippen molar-refractivity contribution in [1.82, 2.24) is 0 Å². The Kier molecular flexibility index (Phi) is 3.25. The third kappa shape index (κ3) is 2.03. The first-order chi connectivity index (χ1) is 11.8. The highest BCUT2D eigenvalue weighted by Gasteiger charge is 2.10. The molecular weight excluding hydrogens is 300 g/mol. The van der Waals surface area contributed by atoms with Crippen LogP contribution in [0.4, 0.5) is 11.4 Å². The number of aliphatic imine (C=N–C) groups is 2. The van der Waals surface area contributed by atoms with E-state index in [9.17, 15) is 9.59 Å². The summed E-state index contributed by atoms with van der Waals surface area (Å²) < 4.78 is 0. The summed E-state index contributed by atoms with van der Waals surface area (Å²) in [6.45, 7) is 0. The van der Waals surface area contributed by atoms with Gasteiger partial charge in [-0.05, 0) is 33.0 Å². The number of hydrogen-bond donors (Lipinski definition) is 0. The molecule has 4 aromatic rings. The molecule has 0 N–H and O–H groups in total. The molecule has 4 aromatic carbocycles. The molecule has 24 heavy (non-hydrogen) atoms. The molecular formula is C20H10N2O2. The minimum atomic E-state index is 0.306. The standard InChI is InChI=1S/C20H10N2O2/c23-11-21-19-10-9-17-16-6-5-13-3-1-2-4-14(13)15(16)7-8-18(17)20(19)22-12-24/h1-10H. The van der Waals surface area contributed by atoms with Crippen LogP contribution in [-0.4, -0.2) is 12.2 Å². The predicted octanol–water partition coefficient (Wildman–Crippen LogP) is 5.08. The first kappa shape index (κ1) is 14.0. The second-order valence-electron chi connectivity index (χ2n) is 5.38. The number of hydrogen-bond acceptors (Lipinski definition) is 4. The summed E-state index contributed by atoms with van der Waals surface area (Å²) in [5.41, 5.74) is 0.641. The topological polar surface area (TPSA) is 58.9 Å². The third-order valence-electron chi connectivity index (χ3n) is 4.20. The fraction of sp³-hybridized carbons (Fsp3) is 0. The molecule has 0 heterocycles. The Hall–Kier alpha value is -3.58. The van der Waals surface area contributed by atoms with Crippen LogP contribution in [0, 0.1) is 0 Å². The van der Waals surface area contributed by atoms with Gasteiger partial charge < -0.3 is 0 Å². The Morgan fingerprint density at radius 1 is 0.583 bits per heavy atom. The molecule has 112 valence electrons. The second kappa shape index (κ2) is 5.56. The van der Waals surface area contributed by atoms with Crippen molar-refractivity contribution in [2.75, 3.05) is 0 Å². The van der Waals surface area contributed by atoms with Gasteiger partial charge in [-0.25, -0.2) is 9.59 Å². The maximum absolute atomic E-state index is 10.8. The fourth-order valence-corrected chi connectivity index (χ4v) is 3.18. The van der Waals surface area contributed by atoms with E-state index in [1.54, 1.807) is 6.07 Å². The highest BCUT2D eigenvalue weighted by molar-refractivity contribution is 6.19. The lowest BCUT2D eigenvalue weighted by atomic mass is 9.96. The van der Waals surface area contributed by atoms with Crippen LogP contribution in [0.2, 0.25) is 0 Å². The average Bonchev–Trinajstić information content (AvgIpc) is 2.63. The molecule has 0 unspecified atom stereocenters. The van der Waals surface area contributed by atoms with Gasteiger partial charge in [0.05, 0.1) is 0 Å². The molecule has 4 heteroatoms. The lowest BCUT2D eigenvalue weighted by Gasteiger charge is -2.09. The fourth-order valence-electron chi connectivity index (χ4n) is 3.18. The van der Waals surface area contributed by atoms with Crippen molar-refractivity contribution >= 4 is 55.9 Å². The number of benzene rings is 4. The van der Waals surface area contributed by atoms with Crippen molar-refractivity contribution in [3.63, 3.8) is 0 Å². The zero-order chi connectivity index (χ0) is 16.5. The molecule has 4 rings (SSSR count). The van der Waals surface area contributed by atoms with Crippen molar-refractivity contribution in [1.29, 1.82) is 0 Å². The van der Waals surface area contributed by atoms with Crippen LogP contribution in [0.3, 0.4) is 0 Å². The van der Waals surface area contributed by atoms with Gasteiger partial charge in [0.25, 0.3) is 0 Å². The van der Waals surface area contributed by atoms with Crippen molar-refractivity contribution < 1.29 is 9.59 Å². The largest absolute Gasteiger partial charge is 0.240 e. The van der Waals surface area contributed by atoms with Crippen LogP contribution in [0.25, 0.3) is 32.3 Å². The van der Waals surface area contributed by atoms with Crippen LogP contribution >= 0.6 is 0 Å². The van der Waals surface area contributed by atoms with E-state index >= 15 is 0 Å². The van der Waals surface area contributed by atoms with Gasteiger partial charge in [-0.1, -0.05) is 54.6 Å². The van der Waals surface area contributed by atoms with E-state index in [1.807, 2.05) is 30.3 Å². The predicted molar refractivity (Wildman–Crippen MR) is 94.5 cm³/mol. The van der Waals surface area contributed by atoms with E-state index in [-0.39, 0.29) is 0 Å². The summed E-state index contributed by atoms with van der Waals surface area (Å²) in [4.78, 5) is 28.7. The highest BCUT2D eigenvalue weighted by atomic mass is 16.1. The summed E-state index contributed by atoms with van der Waals surface area (Å²) >= 11 is 0. The van der Waals surface area contributed by atoms with E-state index in [2.05, 4.69) is 34.3 Å². The SMILES string of the molecule is O=C=Nc1ccc2c(ccc3c4ccccc4ccc23)c1N=C=O. The van der Waals surface area contributed by atoms with Crippen LogP contribution in [0.15, 0.2) is 70.6 Å². The van der Waals surface area contributed by atoms with Gasteiger partial charge in [0.1, 0.15) is 11.4 Å². The van der Waals surface area contributed by atoms with Crippen molar-refractivity contribution in [3.8, 4) is 0 Å². The molecule has 0 aromatic heterocycles. The Morgan fingerprint density at radius 3 is 2.04 bits per heavy atom. The van der Waals surface area contributed by atoms with Crippen molar-refractivity contribution in [2.45, 2.75) is 0 Å². The van der Waals surface area contributed by atoms with E-state index in [0.29, 0.717) is 11.4 Å². The highest BCUT2D eigenvalue weighted by Crippen LogP contribution is 2.39. The number of nitrogens with zero attached hydrogens (tertiary/aromatic N) is 2. The van der Waals surface area contributed by atoms with Crippen LogP contribution in [0.1, 0.15) is 0 Å². The molecule has 0 bridgehead atoms. The summed E-state index contributed by atoms with van der Waals surface area (Å²) in [6.07, 6.45) is 3.03. The lowest BCUT2D eigenvalue weighted by molar-refractivity contribution is 0.564. The minimum Gasteiger partial charge on any atom is -0.211 e. The number of isocyanates is 2. The molecule has 0 saturated heterocycles. The Bertz CT molecular complexity index is 1210. The summed E-state index contributed by atoms with van der Waals surface area (Å²) in [6, 6.07) is 19.7. The smallest absolute Gasteiger partial charge is 0.211 e. The summed E-state index contributed by atoms with van der Waals surface area (Å²) in [5.74, 6) is 0. The first-order valence-corrected chi connectivity index (χ1v) is 7.36. The second-order valence-corrected chi connectivity index (χ2v) is 5.38. The third-order valence-corrected chi connectivity index (χ3v) is 4.20. The maximum Gasteiger partial charge on any atom is 0.240 e. The van der Waals surface area contributed by atoms with Gasteiger partial charge in [-0.3, -0.25) is 0 Å². The quantitative estimate of drug-likeness (QED) is 0.294. The van der Waals surface area contributed by atoms with Gasteiger partial charge in [0.2, 0.25) is 12.2 Å². The van der Waals surface area contributed by atoms with E-state index in [4.69, 9.17) is 0 Å². The van der Waals surface area contributed by atoms with Gasteiger partial charge in [-0.2, -0.15) is 9.98 Å². The minimum absolute atomic E-state index is 0.306. The number of rotatable bonds is 2. The zero-order valence-electron chi connectivity index (χ0n) is 12.5. The Balaban J connectivity index is 2.20. The molecule has 0 aliphatic rings. The molecule has 0 saturated carbocycles. The number of carbonyl (C=O) groups excluding carboxylic acids is 2. The van der Waals surface area contributed by atoms with Gasteiger partial charge in [0.15, 0.2) is 0 Å². The molecule has 0 spiro atoms.